The van der Waals surface area contributed by atoms with Crippen molar-refractivity contribution in [1.29, 1.82) is 0 Å². The molecule has 1 amide bonds. The minimum atomic E-state index is -0.452. The first-order chi connectivity index (χ1) is 7.66. The molecule has 1 aromatic carbocycles. The Labute approximate surface area is 92.4 Å². The number of primary amides is 1. The number of benzene rings is 1. The van der Waals surface area contributed by atoms with Gasteiger partial charge in [-0.3, -0.25) is 4.79 Å². The molecule has 0 atom stereocenters. The summed E-state index contributed by atoms with van der Waals surface area (Å²) >= 11 is 0. The third kappa shape index (κ3) is 2.04. The predicted octanol–water partition coefficient (Wildman–Crippen LogP) is 0.584. The van der Waals surface area contributed by atoms with Crippen LogP contribution < -0.4 is 5.73 Å². The van der Waals surface area contributed by atoms with E-state index in [0.29, 0.717) is 12.2 Å². The normalized spacial score (nSPS) is 12.4. The summed E-state index contributed by atoms with van der Waals surface area (Å²) in [6.07, 6.45) is 0.0342. The van der Waals surface area contributed by atoms with E-state index >= 15 is 0 Å². The number of hydrogen-bond acceptors (Lipinski definition) is 3. The minimum absolute atomic E-state index is 0.0342. The van der Waals surface area contributed by atoms with Gasteiger partial charge in [0.2, 0.25) is 5.91 Å². The number of carbonyl (C=O) groups excluding carboxylic acids is 2. The molecule has 0 unspecified atom stereocenters. The molecule has 1 aliphatic rings. The second-order valence-electron chi connectivity index (χ2n) is 3.39. The van der Waals surface area contributed by atoms with Gasteiger partial charge in [0.25, 0.3) is 0 Å². The van der Waals surface area contributed by atoms with Crippen LogP contribution in [-0.2, 0) is 16.1 Å². The third-order valence-corrected chi connectivity index (χ3v) is 2.18. The quantitative estimate of drug-likeness (QED) is 0.550. The maximum atomic E-state index is 11.2. The Morgan fingerprint density at radius 1 is 1.50 bits per heavy atom. The Morgan fingerprint density at radius 2 is 2.31 bits per heavy atom. The lowest BCUT2D eigenvalue weighted by Crippen LogP contribution is -2.08. The highest BCUT2D eigenvalue weighted by Crippen LogP contribution is 2.20. The van der Waals surface area contributed by atoms with Crippen LogP contribution in [0.25, 0.3) is 0 Å². The average molecular weight is 215 g/mol. The van der Waals surface area contributed by atoms with Gasteiger partial charge in [-0.2, -0.15) is 0 Å². The van der Waals surface area contributed by atoms with Crippen molar-refractivity contribution in [2.75, 3.05) is 0 Å². The summed E-state index contributed by atoms with van der Waals surface area (Å²) in [7, 11) is 0. The number of hydrogen-bond donors (Lipinski definition) is 1. The summed E-state index contributed by atoms with van der Waals surface area (Å²) in [6.45, 7) is 0.291. The molecule has 4 heteroatoms. The fourth-order valence-corrected chi connectivity index (χ4v) is 1.44. The van der Waals surface area contributed by atoms with Gasteiger partial charge in [0, 0.05) is 11.1 Å². The van der Waals surface area contributed by atoms with E-state index in [2.05, 4.69) is 11.8 Å². The van der Waals surface area contributed by atoms with Gasteiger partial charge >= 0.3 is 5.97 Å². The first-order valence-electron chi connectivity index (χ1n) is 4.74. The minimum Gasteiger partial charge on any atom is -0.457 e. The van der Waals surface area contributed by atoms with E-state index in [4.69, 9.17) is 10.5 Å². The van der Waals surface area contributed by atoms with Crippen molar-refractivity contribution >= 4 is 11.9 Å². The lowest BCUT2D eigenvalue weighted by atomic mass is 10.1. The number of nitrogens with two attached hydrogens (primary N) is 1. The van der Waals surface area contributed by atoms with E-state index in [1.54, 1.807) is 18.2 Å². The Balaban J connectivity index is 2.21. The lowest BCUT2D eigenvalue weighted by Gasteiger charge is -1.94. The van der Waals surface area contributed by atoms with Crippen molar-refractivity contribution in [3.8, 4) is 11.8 Å². The number of rotatable bonds is 1. The molecule has 0 fully saturated rings. The molecule has 0 radical (unpaired) electrons. The topological polar surface area (TPSA) is 69.4 Å². The number of carbonyl (C=O) groups is 2. The van der Waals surface area contributed by atoms with E-state index in [0.717, 1.165) is 11.1 Å². The fourth-order valence-electron chi connectivity index (χ4n) is 1.44. The molecule has 4 nitrogen and oxygen atoms in total. The van der Waals surface area contributed by atoms with E-state index in [-0.39, 0.29) is 12.4 Å². The van der Waals surface area contributed by atoms with E-state index < -0.39 is 5.91 Å². The zero-order valence-corrected chi connectivity index (χ0v) is 8.45. The molecule has 0 aromatic heterocycles. The smallest absolute Gasteiger partial charge is 0.338 e. The summed E-state index contributed by atoms with van der Waals surface area (Å²) in [6, 6.07) is 5.19. The maximum Gasteiger partial charge on any atom is 0.338 e. The summed E-state index contributed by atoms with van der Waals surface area (Å²) in [5, 5.41) is 0. The van der Waals surface area contributed by atoms with Crippen LogP contribution in [-0.4, -0.2) is 11.9 Å². The zero-order valence-electron chi connectivity index (χ0n) is 8.45. The number of esters is 1. The van der Waals surface area contributed by atoms with Gasteiger partial charge in [0.15, 0.2) is 0 Å². The SMILES string of the molecule is NC(=O)CC#Cc1ccc2c(c1)COC2=O. The van der Waals surface area contributed by atoms with Gasteiger partial charge in [0.05, 0.1) is 12.0 Å². The zero-order chi connectivity index (χ0) is 11.5. The fraction of sp³-hybridized carbons (Fsp3) is 0.167. The van der Waals surface area contributed by atoms with Gasteiger partial charge in [-0.25, -0.2) is 4.79 Å². The third-order valence-electron chi connectivity index (χ3n) is 2.18. The van der Waals surface area contributed by atoms with Crippen molar-refractivity contribution in [2.24, 2.45) is 5.73 Å². The van der Waals surface area contributed by atoms with Crippen molar-refractivity contribution < 1.29 is 14.3 Å². The van der Waals surface area contributed by atoms with Gasteiger partial charge in [-0.1, -0.05) is 11.8 Å². The molecule has 80 valence electrons. The second kappa shape index (κ2) is 4.07. The van der Waals surface area contributed by atoms with Crippen LogP contribution in [0.2, 0.25) is 0 Å². The van der Waals surface area contributed by atoms with Gasteiger partial charge in [-0.05, 0) is 18.2 Å². The van der Waals surface area contributed by atoms with Crippen LogP contribution in [0.4, 0.5) is 0 Å². The van der Waals surface area contributed by atoms with E-state index in [1.807, 2.05) is 0 Å². The van der Waals surface area contributed by atoms with Crippen molar-refractivity contribution in [3.63, 3.8) is 0 Å². The highest BCUT2D eigenvalue weighted by molar-refractivity contribution is 5.93. The Morgan fingerprint density at radius 3 is 3.06 bits per heavy atom. The van der Waals surface area contributed by atoms with Crippen molar-refractivity contribution in [1.82, 2.24) is 0 Å². The molecule has 2 rings (SSSR count). The number of amides is 1. The number of ether oxygens (including phenoxy) is 1. The molecule has 1 aromatic rings. The highest BCUT2D eigenvalue weighted by Gasteiger charge is 2.20. The summed E-state index contributed by atoms with van der Waals surface area (Å²) < 4.78 is 4.86. The molecule has 1 aliphatic heterocycles. The summed E-state index contributed by atoms with van der Waals surface area (Å²) in [4.78, 5) is 21.6. The number of fused-ring (bicyclic) bond motifs is 1. The molecule has 0 spiro atoms. The second-order valence-corrected chi connectivity index (χ2v) is 3.39. The van der Waals surface area contributed by atoms with Crippen LogP contribution in [0.15, 0.2) is 18.2 Å². The molecular formula is C12H9NO3. The molecule has 0 aliphatic carbocycles. The van der Waals surface area contributed by atoms with Crippen LogP contribution in [0, 0.1) is 11.8 Å². The van der Waals surface area contributed by atoms with E-state index in [9.17, 15) is 9.59 Å². The average Bonchev–Trinajstić information content (AvgIpc) is 2.60. The molecule has 0 saturated heterocycles. The van der Waals surface area contributed by atoms with Gasteiger partial charge in [0.1, 0.15) is 6.61 Å². The standard InChI is InChI=1S/C12H9NO3/c13-11(14)3-1-2-8-4-5-10-9(6-8)7-16-12(10)15/h4-6H,3,7H2,(H2,13,14). The molecule has 0 saturated carbocycles. The molecule has 2 N–H and O–H groups in total. The predicted molar refractivity (Wildman–Crippen MR) is 56.3 cm³/mol. The van der Waals surface area contributed by atoms with Crippen LogP contribution in [0.1, 0.15) is 27.9 Å². The summed E-state index contributed by atoms with van der Waals surface area (Å²) in [5.74, 6) is 4.70. The monoisotopic (exact) mass is 215 g/mol. The Kier molecular flexibility index (Phi) is 2.61. The Hall–Kier alpha value is -2.28. The molecule has 16 heavy (non-hydrogen) atoms. The first kappa shape index (κ1) is 10.2. The largest absolute Gasteiger partial charge is 0.457 e. The van der Waals surface area contributed by atoms with Gasteiger partial charge < -0.3 is 10.5 Å². The molecule has 0 bridgehead atoms. The number of cyclic esters (lactones) is 1. The van der Waals surface area contributed by atoms with Crippen molar-refractivity contribution in [2.45, 2.75) is 13.0 Å². The summed E-state index contributed by atoms with van der Waals surface area (Å²) in [5.41, 5.74) is 7.12. The van der Waals surface area contributed by atoms with Crippen LogP contribution in [0.3, 0.4) is 0 Å². The lowest BCUT2D eigenvalue weighted by molar-refractivity contribution is -0.117. The van der Waals surface area contributed by atoms with Crippen molar-refractivity contribution in [3.05, 3.63) is 34.9 Å². The maximum absolute atomic E-state index is 11.2. The van der Waals surface area contributed by atoms with Crippen LogP contribution in [0.5, 0.6) is 0 Å². The Bertz CT molecular complexity index is 523. The van der Waals surface area contributed by atoms with Crippen LogP contribution >= 0.6 is 0 Å². The first-order valence-corrected chi connectivity index (χ1v) is 4.74. The molecule has 1 heterocycles. The molecular weight excluding hydrogens is 206 g/mol. The van der Waals surface area contributed by atoms with E-state index in [1.165, 1.54) is 0 Å². The van der Waals surface area contributed by atoms with Gasteiger partial charge in [-0.15, -0.1) is 0 Å². The highest BCUT2D eigenvalue weighted by atomic mass is 16.5.